The van der Waals surface area contributed by atoms with E-state index in [0.717, 1.165) is 12.8 Å². The highest BCUT2D eigenvalue weighted by molar-refractivity contribution is 5.94. The van der Waals surface area contributed by atoms with Crippen LogP contribution in [0, 0.1) is 12.8 Å². The van der Waals surface area contributed by atoms with Crippen molar-refractivity contribution in [3.63, 3.8) is 0 Å². The zero-order chi connectivity index (χ0) is 17.8. The van der Waals surface area contributed by atoms with Crippen molar-refractivity contribution in [2.75, 3.05) is 6.54 Å². The molecule has 0 aromatic carbocycles. The second-order valence-electron chi connectivity index (χ2n) is 6.98. The maximum Gasteiger partial charge on any atom is 0.264 e. The van der Waals surface area contributed by atoms with Crippen LogP contribution in [0.15, 0.2) is 4.79 Å². The monoisotopic (exact) mass is 323 g/mol. The van der Waals surface area contributed by atoms with Crippen LogP contribution >= 0.6 is 0 Å². The Morgan fingerprint density at radius 2 is 1.87 bits per heavy atom. The zero-order valence-electron chi connectivity index (χ0n) is 15.0. The van der Waals surface area contributed by atoms with Gasteiger partial charge in [0.25, 0.3) is 11.5 Å². The first-order valence-electron chi connectivity index (χ1n) is 8.19. The Labute approximate surface area is 137 Å². The number of rotatable bonds is 6. The zero-order valence-corrected chi connectivity index (χ0v) is 15.0. The van der Waals surface area contributed by atoms with E-state index in [2.05, 4.69) is 15.3 Å². The number of nitrogens with zero attached hydrogens (tertiary/aromatic N) is 1. The summed E-state index contributed by atoms with van der Waals surface area (Å²) in [6, 6.07) is 0. The van der Waals surface area contributed by atoms with Crippen molar-refractivity contribution in [1.82, 2.24) is 15.3 Å². The third-order valence-corrected chi connectivity index (χ3v) is 4.10. The molecule has 1 atom stereocenters. The Morgan fingerprint density at radius 3 is 2.30 bits per heavy atom. The first kappa shape index (κ1) is 19.4. The molecule has 6 heteroatoms. The summed E-state index contributed by atoms with van der Waals surface area (Å²) in [6.45, 7) is 11.6. The van der Waals surface area contributed by atoms with Gasteiger partial charge in [-0.25, -0.2) is 4.98 Å². The van der Waals surface area contributed by atoms with Crippen molar-refractivity contribution in [3.8, 4) is 0 Å². The van der Waals surface area contributed by atoms with Gasteiger partial charge in [-0.2, -0.15) is 0 Å². The van der Waals surface area contributed by atoms with Crippen LogP contribution in [0.1, 0.15) is 69.3 Å². The Kier molecular flexibility index (Phi) is 6.50. The molecule has 0 bridgehead atoms. The molecule has 0 saturated carbocycles. The smallest absolute Gasteiger partial charge is 0.264 e. The Balaban J connectivity index is 2.91. The van der Waals surface area contributed by atoms with Crippen molar-refractivity contribution < 1.29 is 9.90 Å². The van der Waals surface area contributed by atoms with Crippen LogP contribution in [0.25, 0.3) is 0 Å². The molecule has 130 valence electrons. The molecule has 0 saturated heterocycles. The fraction of sp³-hybridized carbons (Fsp3) is 0.706. The van der Waals surface area contributed by atoms with E-state index < -0.39 is 17.6 Å². The van der Waals surface area contributed by atoms with E-state index in [-0.39, 0.29) is 23.4 Å². The second-order valence-corrected chi connectivity index (χ2v) is 6.98. The summed E-state index contributed by atoms with van der Waals surface area (Å²) in [5.74, 6) is 0.186. The van der Waals surface area contributed by atoms with Crippen LogP contribution in [-0.2, 0) is 5.41 Å². The van der Waals surface area contributed by atoms with Gasteiger partial charge >= 0.3 is 0 Å². The van der Waals surface area contributed by atoms with E-state index in [9.17, 15) is 14.7 Å². The van der Waals surface area contributed by atoms with Gasteiger partial charge in [0.15, 0.2) is 0 Å². The third-order valence-electron chi connectivity index (χ3n) is 4.10. The molecule has 0 spiro atoms. The van der Waals surface area contributed by atoms with Crippen LogP contribution in [0.3, 0.4) is 0 Å². The summed E-state index contributed by atoms with van der Waals surface area (Å²) in [4.78, 5) is 31.5. The highest BCUT2D eigenvalue weighted by Crippen LogP contribution is 2.17. The van der Waals surface area contributed by atoms with Crippen LogP contribution in [0.5, 0.6) is 0 Å². The number of hydrogen-bond acceptors (Lipinski definition) is 4. The molecule has 1 amide bonds. The predicted octanol–water partition coefficient (Wildman–Crippen LogP) is 1.90. The van der Waals surface area contributed by atoms with Gasteiger partial charge in [0.1, 0.15) is 11.4 Å². The number of amides is 1. The molecule has 0 aliphatic heterocycles. The summed E-state index contributed by atoms with van der Waals surface area (Å²) in [5.41, 5.74) is -0.343. The minimum Gasteiger partial charge on any atom is -0.391 e. The average Bonchev–Trinajstić information content (AvgIpc) is 2.44. The minimum atomic E-state index is -0.616. The topological polar surface area (TPSA) is 95.1 Å². The highest BCUT2D eigenvalue weighted by Gasteiger charge is 2.23. The maximum absolute atomic E-state index is 12.3. The normalized spacial score (nSPS) is 13.2. The summed E-state index contributed by atoms with van der Waals surface area (Å²) < 4.78 is 0. The van der Waals surface area contributed by atoms with Crippen LogP contribution in [0.2, 0.25) is 0 Å². The van der Waals surface area contributed by atoms with E-state index in [0.29, 0.717) is 11.5 Å². The molecular weight excluding hydrogens is 294 g/mol. The van der Waals surface area contributed by atoms with Crippen LogP contribution in [-0.4, -0.2) is 33.6 Å². The van der Waals surface area contributed by atoms with Gasteiger partial charge in [0, 0.05) is 12.0 Å². The number of aromatic nitrogens is 2. The second kappa shape index (κ2) is 7.73. The summed E-state index contributed by atoms with van der Waals surface area (Å²) >= 11 is 0. The first-order valence-corrected chi connectivity index (χ1v) is 8.19. The van der Waals surface area contributed by atoms with Gasteiger partial charge in [-0.3, -0.25) is 9.59 Å². The summed E-state index contributed by atoms with van der Waals surface area (Å²) in [6.07, 6.45) is 1.07. The molecule has 0 aliphatic rings. The van der Waals surface area contributed by atoms with E-state index in [4.69, 9.17) is 0 Å². The Morgan fingerprint density at radius 1 is 1.30 bits per heavy atom. The molecule has 0 fully saturated rings. The predicted molar refractivity (Wildman–Crippen MR) is 90.7 cm³/mol. The number of aryl methyl sites for hydroxylation is 1. The Hall–Kier alpha value is -1.69. The van der Waals surface area contributed by atoms with Gasteiger partial charge in [-0.15, -0.1) is 0 Å². The fourth-order valence-electron chi connectivity index (χ4n) is 2.49. The van der Waals surface area contributed by atoms with E-state index in [1.807, 2.05) is 34.6 Å². The minimum absolute atomic E-state index is 0.00902. The van der Waals surface area contributed by atoms with Gasteiger partial charge in [0.05, 0.1) is 11.8 Å². The number of carbonyl (C=O) groups excluding carboxylic acids is 1. The molecule has 0 unspecified atom stereocenters. The van der Waals surface area contributed by atoms with Crippen molar-refractivity contribution in [3.05, 3.63) is 27.4 Å². The molecule has 3 N–H and O–H groups in total. The largest absolute Gasteiger partial charge is 0.391 e. The van der Waals surface area contributed by atoms with Gasteiger partial charge in [0.2, 0.25) is 0 Å². The molecule has 23 heavy (non-hydrogen) atoms. The standard InChI is InChI=1S/C17H29N3O3/c1-7-11(8-2)12(21)9-18-14(22)13-10(3)19-16(17(4,5)6)20-15(13)23/h11-12,21H,7-9H2,1-6H3,(H,18,22)(H,19,20,23)/t12-/m0/s1. The maximum atomic E-state index is 12.3. The molecule has 6 nitrogen and oxygen atoms in total. The first-order chi connectivity index (χ1) is 10.6. The van der Waals surface area contributed by atoms with Gasteiger partial charge in [-0.05, 0) is 12.8 Å². The SMILES string of the molecule is CCC(CC)[C@@H](O)CNC(=O)c1c(C)nc(C(C)(C)C)[nH]c1=O. The van der Waals surface area contributed by atoms with E-state index in [1.54, 1.807) is 6.92 Å². The molecular formula is C17H29N3O3. The molecule has 1 aromatic heterocycles. The molecule has 1 rings (SSSR count). The van der Waals surface area contributed by atoms with Crippen molar-refractivity contribution in [2.24, 2.45) is 5.92 Å². The van der Waals surface area contributed by atoms with Crippen molar-refractivity contribution in [1.29, 1.82) is 0 Å². The molecule has 0 aliphatic carbocycles. The Bertz CT molecular complexity index is 598. The summed E-state index contributed by atoms with van der Waals surface area (Å²) in [7, 11) is 0. The van der Waals surface area contributed by atoms with E-state index >= 15 is 0 Å². The lowest BCUT2D eigenvalue weighted by molar-refractivity contribution is 0.0814. The third kappa shape index (κ3) is 4.89. The van der Waals surface area contributed by atoms with Crippen molar-refractivity contribution in [2.45, 2.75) is 65.9 Å². The van der Waals surface area contributed by atoms with Crippen LogP contribution in [0.4, 0.5) is 0 Å². The fourth-order valence-corrected chi connectivity index (χ4v) is 2.49. The lowest BCUT2D eigenvalue weighted by Crippen LogP contribution is -2.39. The highest BCUT2D eigenvalue weighted by atomic mass is 16.3. The molecule has 0 radical (unpaired) electrons. The number of hydrogen-bond donors (Lipinski definition) is 3. The number of aliphatic hydroxyl groups is 1. The number of aliphatic hydroxyl groups excluding tert-OH is 1. The number of nitrogens with one attached hydrogen (secondary N) is 2. The summed E-state index contributed by atoms with van der Waals surface area (Å²) in [5, 5.41) is 12.7. The molecule has 1 heterocycles. The van der Waals surface area contributed by atoms with Gasteiger partial charge in [-0.1, -0.05) is 47.5 Å². The van der Waals surface area contributed by atoms with E-state index in [1.165, 1.54) is 0 Å². The lowest BCUT2D eigenvalue weighted by Gasteiger charge is -2.21. The lowest BCUT2D eigenvalue weighted by atomic mass is 9.95. The number of H-pyrrole nitrogens is 1. The van der Waals surface area contributed by atoms with Crippen LogP contribution < -0.4 is 10.9 Å². The number of aromatic amines is 1. The average molecular weight is 323 g/mol. The van der Waals surface area contributed by atoms with Crippen molar-refractivity contribution >= 4 is 5.91 Å². The quantitative estimate of drug-likeness (QED) is 0.745. The van der Waals surface area contributed by atoms with Gasteiger partial charge < -0.3 is 15.4 Å². The molecule has 1 aromatic rings. The number of carbonyl (C=O) groups is 1.